The highest BCUT2D eigenvalue weighted by Gasteiger charge is 1.99. The molecule has 1 atom stereocenters. The topological polar surface area (TPSA) is 0 Å². The highest BCUT2D eigenvalue weighted by molar-refractivity contribution is 7.80. The van der Waals surface area contributed by atoms with E-state index >= 15 is 0 Å². The largest absolute Gasteiger partial charge is 0.171 e. The van der Waals surface area contributed by atoms with Crippen LogP contribution in [0.3, 0.4) is 0 Å². The standard InChI is InChI=1S/C7H10S2/c1-5-3-7(4-9-5)6(2)8/h3-4,6,8H,1-2H3. The molecule has 0 spiro atoms. The zero-order valence-electron chi connectivity index (χ0n) is 5.59. The molecule has 0 fully saturated rings. The van der Waals surface area contributed by atoms with Gasteiger partial charge < -0.3 is 0 Å². The van der Waals surface area contributed by atoms with Crippen molar-refractivity contribution in [3.05, 3.63) is 21.9 Å². The molecule has 1 unspecified atom stereocenters. The normalized spacial score (nSPS) is 13.7. The molecular formula is C7H10S2. The van der Waals surface area contributed by atoms with Gasteiger partial charge in [-0.2, -0.15) is 12.6 Å². The van der Waals surface area contributed by atoms with Gasteiger partial charge >= 0.3 is 0 Å². The van der Waals surface area contributed by atoms with E-state index in [-0.39, 0.29) is 0 Å². The van der Waals surface area contributed by atoms with E-state index in [1.54, 1.807) is 11.3 Å². The Balaban J connectivity index is 2.85. The minimum Gasteiger partial charge on any atom is -0.171 e. The lowest BCUT2D eigenvalue weighted by Crippen LogP contribution is -1.76. The first kappa shape index (κ1) is 7.16. The molecule has 0 aromatic carbocycles. The first-order chi connectivity index (χ1) is 4.20. The first-order valence-electron chi connectivity index (χ1n) is 2.93. The molecule has 2 heteroatoms. The lowest BCUT2D eigenvalue weighted by atomic mass is 10.2. The van der Waals surface area contributed by atoms with E-state index in [9.17, 15) is 0 Å². The minimum absolute atomic E-state index is 0.384. The molecule has 0 bridgehead atoms. The van der Waals surface area contributed by atoms with Crippen molar-refractivity contribution in [2.24, 2.45) is 0 Å². The van der Waals surface area contributed by atoms with E-state index in [0.717, 1.165) is 0 Å². The molecule has 9 heavy (non-hydrogen) atoms. The van der Waals surface area contributed by atoms with Crippen LogP contribution in [0.2, 0.25) is 0 Å². The average Bonchev–Trinajstić information content (AvgIpc) is 2.14. The highest BCUT2D eigenvalue weighted by atomic mass is 32.1. The smallest absolute Gasteiger partial charge is 0.0247 e. The number of thiol groups is 1. The number of aryl methyl sites for hydroxylation is 1. The predicted octanol–water partition coefficient (Wildman–Crippen LogP) is 3.05. The molecule has 0 saturated heterocycles. The Labute approximate surface area is 65.3 Å². The maximum absolute atomic E-state index is 4.31. The Hall–Kier alpha value is 0.0500. The highest BCUT2D eigenvalue weighted by Crippen LogP contribution is 2.23. The van der Waals surface area contributed by atoms with Crippen LogP contribution >= 0.6 is 24.0 Å². The SMILES string of the molecule is Cc1cc(C(C)S)cs1. The van der Waals surface area contributed by atoms with E-state index in [4.69, 9.17) is 0 Å². The Bertz CT molecular complexity index is 189. The van der Waals surface area contributed by atoms with Gasteiger partial charge in [-0.05, 0) is 30.9 Å². The van der Waals surface area contributed by atoms with Crippen LogP contribution < -0.4 is 0 Å². The van der Waals surface area contributed by atoms with Crippen molar-refractivity contribution < 1.29 is 0 Å². The molecule has 0 aliphatic heterocycles. The van der Waals surface area contributed by atoms with Gasteiger partial charge in [0.15, 0.2) is 0 Å². The van der Waals surface area contributed by atoms with E-state index in [1.165, 1.54) is 10.4 Å². The summed E-state index contributed by atoms with van der Waals surface area (Å²) in [6.45, 7) is 4.20. The van der Waals surface area contributed by atoms with Gasteiger partial charge in [-0.25, -0.2) is 0 Å². The third-order valence-corrected chi connectivity index (χ3v) is 2.41. The maximum atomic E-state index is 4.31. The Morgan fingerprint density at radius 3 is 2.56 bits per heavy atom. The van der Waals surface area contributed by atoms with Crippen LogP contribution in [0.4, 0.5) is 0 Å². The zero-order valence-corrected chi connectivity index (χ0v) is 7.30. The van der Waals surface area contributed by atoms with Gasteiger partial charge in [0.2, 0.25) is 0 Å². The fraction of sp³-hybridized carbons (Fsp3) is 0.429. The van der Waals surface area contributed by atoms with Gasteiger partial charge in [-0.3, -0.25) is 0 Å². The molecule has 50 valence electrons. The van der Waals surface area contributed by atoms with Gasteiger partial charge in [0.1, 0.15) is 0 Å². The molecule has 0 N–H and O–H groups in total. The van der Waals surface area contributed by atoms with Crippen LogP contribution in [0.15, 0.2) is 11.4 Å². The fourth-order valence-corrected chi connectivity index (χ4v) is 1.73. The van der Waals surface area contributed by atoms with Crippen molar-refractivity contribution in [3.8, 4) is 0 Å². The Kier molecular flexibility index (Phi) is 2.19. The van der Waals surface area contributed by atoms with E-state index in [1.807, 2.05) is 0 Å². The third kappa shape index (κ3) is 1.73. The molecule has 0 saturated carbocycles. The summed E-state index contributed by atoms with van der Waals surface area (Å²) in [5.74, 6) is 0. The molecule has 0 nitrogen and oxygen atoms in total. The van der Waals surface area contributed by atoms with E-state index in [0.29, 0.717) is 5.25 Å². The summed E-state index contributed by atoms with van der Waals surface area (Å²) in [5, 5.41) is 2.54. The van der Waals surface area contributed by atoms with Gasteiger partial charge in [0.05, 0.1) is 0 Å². The summed E-state index contributed by atoms with van der Waals surface area (Å²) in [5.41, 5.74) is 1.33. The van der Waals surface area contributed by atoms with Crippen LogP contribution in [-0.4, -0.2) is 0 Å². The second kappa shape index (κ2) is 2.76. The molecule has 0 aliphatic carbocycles. The maximum Gasteiger partial charge on any atom is 0.0247 e. The molecular weight excluding hydrogens is 148 g/mol. The van der Waals surface area contributed by atoms with Gasteiger partial charge in [-0.1, -0.05) is 0 Å². The van der Waals surface area contributed by atoms with Gasteiger partial charge in [-0.15, -0.1) is 11.3 Å². The fourth-order valence-electron chi connectivity index (χ4n) is 0.683. The summed E-state index contributed by atoms with van der Waals surface area (Å²) in [7, 11) is 0. The van der Waals surface area contributed by atoms with Crippen LogP contribution in [0, 0.1) is 6.92 Å². The van der Waals surface area contributed by atoms with Gasteiger partial charge in [0.25, 0.3) is 0 Å². The van der Waals surface area contributed by atoms with E-state index < -0.39 is 0 Å². The second-order valence-corrected chi connectivity index (χ2v) is 4.06. The first-order valence-corrected chi connectivity index (χ1v) is 4.33. The molecule has 1 heterocycles. The number of hydrogen-bond donors (Lipinski definition) is 1. The van der Waals surface area contributed by atoms with Crippen molar-refractivity contribution in [1.82, 2.24) is 0 Å². The molecule has 0 aliphatic rings. The van der Waals surface area contributed by atoms with Crippen molar-refractivity contribution in [1.29, 1.82) is 0 Å². The van der Waals surface area contributed by atoms with Crippen molar-refractivity contribution >= 4 is 24.0 Å². The van der Waals surface area contributed by atoms with Crippen LogP contribution in [0.25, 0.3) is 0 Å². The third-order valence-electron chi connectivity index (χ3n) is 1.23. The average molecular weight is 158 g/mol. The summed E-state index contributed by atoms with van der Waals surface area (Å²) >= 11 is 6.09. The Morgan fingerprint density at radius 2 is 2.33 bits per heavy atom. The lowest BCUT2D eigenvalue weighted by molar-refractivity contribution is 1.12. The summed E-state index contributed by atoms with van der Waals surface area (Å²) in [4.78, 5) is 1.37. The summed E-state index contributed by atoms with van der Waals surface area (Å²) in [6.07, 6.45) is 0. The summed E-state index contributed by atoms with van der Waals surface area (Å²) in [6, 6.07) is 2.18. The minimum atomic E-state index is 0.384. The van der Waals surface area contributed by atoms with Crippen molar-refractivity contribution in [2.75, 3.05) is 0 Å². The zero-order chi connectivity index (χ0) is 6.85. The summed E-state index contributed by atoms with van der Waals surface area (Å²) < 4.78 is 0. The molecule has 0 radical (unpaired) electrons. The number of rotatable bonds is 1. The van der Waals surface area contributed by atoms with Crippen LogP contribution in [0.5, 0.6) is 0 Å². The number of thiophene rings is 1. The van der Waals surface area contributed by atoms with Crippen molar-refractivity contribution in [2.45, 2.75) is 19.1 Å². The second-order valence-electron chi connectivity index (χ2n) is 2.17. The molecule has 1 aromatic heterocycles. The molecule has 0 amide bonds. The van der Waals surface area contributed by atoms with E-state index in [2.05, 4.69) is 37.9 Å². The predicted molar refractivity (Wildman–Crippen MR) is 46.5 cm³/mol. The van der Waals surface area contributed by atoms with Gasteiger partial charge in [0, 0.05) is 10.1 Å². The molecule has 1 aromatic rings. The van der Waals surface area contributed by atoms with Crippen LogP contribution in [-0.2, 0) is 0 Å². The van der Waals surface area contributed by atoms with Crippen LogP contribution in [0.1, 0.15) is 22.6 Å². The van der Waals surface area contributed by atoms with Crippen molar-refractivity contribution in [3.63, 3.8) is 0 Å². The quantitative estimate of drug-likeness (QED) is 0.597. The Morgan fingerprint density at radius 1 is 1.67 bits per heavy atom. The monoisotopic (exact) mass is 158 g/mol. The number of hydrogen-bond acceptors (Lipinski definition) is 2. The molecule has 1 rings (SSSR count). The lowest BCUT2D eigenvalue weighted by Gasteiger charge is -1.95.